The SMILES string of the molecule is CN1CCN=C1c1cccc(NC(=O)Nc2cccc(C(F)(F)F)c2)c1. The first kappa shape index (κ1) is 17.8. The molecule has 0 saturated carbocycles. The van der Waals surface area contributed by atoms with E-state index in [1.54, 1.807) is 18.2 Å². The number of urea groups is 1. The van der Waals surface area contributed by atoms with Crippen LogP contribution in [-0.4, -0.2) is 36.9 Å². The Morgan fingerprint density at radius 3 is 2.35 bits per heavy atom. The number of amidine groups is 1. The lowest BCUT2D eigenvalue weighted by atomic mass is 10.1. The van der Waals surface area contributed by atoms with Crippen molar-refractivity contribution in [1.82, 2.24) is 4.90 Å². The Bertz CT molecular complexity index is 848. The van der Waals surface area contributed by atoms with Crippen LogP contribution in [0.1, 0.15) is 11.1 Å². The molecule has 3 rings (SSSR count). The smallest absolute Gasteiger partial charge is 0.358 e. The zero-order valence-electron chi connectivity index (χ0n) is 14.0. The Balaban J connectivity index is 1.69. The molecule has 136 valence electrons. The third-order valence-corrected chi connectivity index (χ3v) is 3.88. The summed E-state index contributed by atoms with van der Waals surface area (Å²) in [5.74, 6) is 0.840. The van der Waals surface area contributed by atoms with E-state index >= 15 is 0 Å². The standard InChI is InChI=1S/C18H17F3N4O/c1-25-9-8-22-16(25)12-4-2-6-14(10-12)23-17(26)24-15-7-3-5-13(11-15)18(19,20)21/h2-7,10-11H,8-9H2,1H3,(H2,23,24,26). The largest absolute Gasteiger partial charge is 0.416 e. The molecule has 0 fully saturated rings. The molecular weight excluding hydrogens is 345 g/mol. The van der Waals surface area contributed by atoms with Gasteiger partial charge in [-0.3, -0.25) is 4.99 Å². The van der Waals surface area contributed by atoms with E-state index in [4.69, 9.17) is 0 Å². The van der Waals surface area contributed by atoms with Gasteiger partial charge in [0.2, 0.25) is 0 Å². The molecule has 2 aromatic carbocycles. The van der Waals surface area contributed by atoms with Gasteiger partial charge in [-0.15, -0.1) is 0 Å². The molecular formula is C18H17F3N4O. The van der Waals surface area contributed by atoms with E-state index in [9.17, 15) is 18.0 Å². The minimum absolute atomic E-state index is 0.0633. The van der Waals surface area contributed by atoms with Crippen LogP contribution in [0.5, 0.6) is 0 Å². The molecule has 0 aliphatic carbocycles. The third kappa shape index (κ3) is 4.14. The number of hydrogen-bond acceptors (Lipinski definition) is 3. The van der Waals surface area contributed by atoms with Gasteiger partial charge < -0.3 is 15.5 Å². The van der Waals surface area contributed by atoms with E-state index in [2.05, 4.69) is 15.6 Å². The summed E-state index contributed by atoms with van der Waals surface area (Å²) in [6, 6.07) is 11.0. The Morgan fingerprint density at radius 2 is 1.73 bits per heavy atom. The van der Waals surface area contributed by atoms with Crippen LogP contribution in [-0.2, 0) is 6.18 Å². The van der Waals surface area contributed by atoms with Crippen LogP contribution in [0, 0.1) is 0 Å². The number of rotatable bonds is 3. The lowest BCUT2D eigenvalue weighted by Gasteiger charge is -2.15. The number of halogens is 3. The van der Waals surface area contributed by atoms with Crippen LogP contribution in [0.3, 0.4) is 0 Å². The number of anilines is 2. The van der Waals surface area contributed by atoms with E-state index < -0.39 is 17.8 Å². The molecule has 8 heteroatoms. The number of nitrogens with one attached hydrogen (secondary N) is 2. The van der Waals surface area contributed by atoms with E-state index in [1.165, 1.54) is 12.1 Å². The van der Waals surface area contributed by atoms with Gasteiger partial charge in [0.05, 0.1) is 12.1 Å². The van der Waals surface area contributed by atoms with Gasteiger partial charge in [-0.25, -0.2) is 4.79 Å². The lowest BCUT2D eigenvalue weighted by Crippen LogP contribution is -2.24. The lowest BCUT2D eigenvalue weighted by molar-refractivity contribution is -0.137. The first-order chi connectivity index (χ1) is 12.3. The van der Waals surface area contributed by atoms with Crippen LogP contribution >= 0.6 is 0 Å². The molecule has 1 aliphatic heterocycles. The van der Waals surface area contributed by atoms with Gasteiger partial charge in [0.25, 0.3) is 0 Å². The maximum absolute atomic E-state index is 12.7. The maximum atomic E-state index is 12.7. The van der Waals surface area contributed by atoms with E-state index in [-0.39, 0.29) is 5.69 Å². The van der Waals surface area contributed by atoms with Crippen LogP contribution in [0.25, 0.3) is 0 Å². The molecule has 1 aliphatic rings. The minimum atomic E-state index is -4.46. The summed E-state index contributed by atoms with van der Waals surface area (Å²) in [6.07, 6.45) is -4.46. The number of alkyl halides is 3. The highest BCUT2D eigenvalue weighted by molar-refractivity contribution is 6.03. The van der Waals surface area contributed by atoms with Crippen molar-refractivity contribution in [2.24, 2.45) is 4.99 Å². The molecule has 2 N–H and O–H groups in total. The summed E-state index contributed by atoms with van der Waals surface area (Å²) in [5.41, 5.74) is 0.629. The van der Waals surface area contributed by atoms with Crippen molar-refractivity contribution in [2.75, 3.05) is 30.8 Å². The molecule has 5 nitrogen and oxygen atoms in total. The van der Waals surface area contributed by atoms with Crippen LogP contribution in [0.15, 0.2) is 53.5 Å². The Hall–Kier alpha value is -3.03. The quantitative estimate of drug-likeness (QED) is 0.866. The maximum Gasteiger partial charge on any atom is 0.416 e. The second-order valence-electron chi connectivity index (χ2n) is 5.87. The van der Waals surface area contributed by atoms with Crippen molar-refractivity contribution in [3.8, 4) is 0 Å². The molecule has 0 saturated heterocycles. The molecule has 2 amide bonds. The van der Waals surface area contributed by atoms with Crippen molar-refractivity contribution < 1.29 is 18.0 Å². The van der Waals surface area contributed by atoms with Gasteiger partial charge in [0, 0.05) is 30.5 Å². The Morgan fingerprint density at radius 1 is 1.08 bits per heavy atom. The number of nitrogens with zero attached hydrogens (tertiary/aromatic N) is 2. The average Bonchev–Trinajstić information content (AvgIpc) is 3.00. The van der Waals surface area contributed by atoms with Crippen LogP contribution < -0.4 is 10.6 Å². The fourth-order valence-electron chi connectivity index (χ4n) is 2.65. The fourth-order valence-corrected chi connectivity index (χ4v) is 2.65. The zero-order valence-corrected chi connectivity index (χ0v) is 14.0. The number of likely N-dealkylation sites (N-methyl/N-ethyl adjacent to an activating group) is 1. The zero-order chi connectivity index (χ0) is 18.7. The normalized spacial score (nSPS) is 14.2. The van der Waals surface area contributed by atoms with Crippen LogP contribution in [0.4, 0.5) is 29.3 Å². The summed E-state index contributed by atoms with van der Waals surface area (Å²) in [4.78, 5) is 18.5. The first-order valence-corrected chi connectivity index (χ1v) is 7.94. The number of hydrogen-bond donors (Lipinski definition) is 2. The average molecular weight is 362 g/mol. The minimum Gasteiger partial charge on any atom is -0.358 e. The Kier molecular flexibility index (Phi) is 4.83. The summed E-state index contributed by atoms with van der Waals surface area (Å²) >= 11 is 0. The summed E-state index contributed by atoms with van der Waals surface area (Å²) in [5, 5.41) is 5.03. The topological polar surface area (TPSA) is 56.7 Å². The monoisotopic (exact) mass is 362 g/mol. The number of carbonyl (C=O) groups is 1. The molecule has 0 bridgehead atoms. The second-order valence-corrected chi connectivity index (χ2v) is 5.87. The van der Waals surface area contributed by atoms with Gasteiger partial charge in [-0.05, 0) is 30.3 Å². The summed E-state index contributed by atoms with van der Waals surface area (Å²) in [7, 11) is 1.94. The van der Waals surface area contributed by atoms with Crippen molar-refractivity contribution in [1.29, 1.82) is 0 Å². The summed E-state index contributed by atoms with van der Waals surface area (Å²) < 4.78 is 38.2. The fraction of sp³-hybridized carbons (Fsp3) is 0.222. The number of amides is 2. The first-order valence-electron chi connectivity index (χ1n) is 7.94. The summed E-state index contributed by atoms with van der Waals surface area (Å²) in [6.45, 7) is 1.56. The predicted octanol–water partition coefficient (Wildman–Crippen LogP) is 4.04. The van der Waals surface area contributed by atoms with Crippen molar-refractivity contribution in [2.45, 2.75) is 6.18 Å². The Labute approximate surface area is 148 Å². The van der Waals surface area contributed by atoms with Gasteiger partial charge >= 0.3 is 12.2 Å². The molecule has 26 heavy (non-hydrogen) atoms. The molecule has 0 aromatic heterocycles. The van der Waals surface area contributed by atoms with E-state index in [0.717, 1.165) is 36.6 Å². The highest BCUT2D eigenvalue weighted by atomic mass is 19.4. The molecule has 2 aromatic rings. The number of benzene rings is 2. The van der Waals surface area contributed by atoms with Crippen LogP contribution in [0.2, 0.25) is 0 Å². The molecule has 1 heterocycles. The van der Waals surface area contributed by atoms with E-state index in [1.807, 2.05) is 18.0 Å². The molecule has 0 unspecified atom stereocenters. The molecule has 0 radical (unpaired) electrons. The molecule has 0 spiro atoms. The number of carbonyl (C=O) groups excluding carboxylic acids is 1. The van der Waals surface area contributed by atoms with Gasteiger partial charge in [-0.1, -0.05) is 18.2 Å². The van der Waals surface area contributed by atoms with Crippen molar-refractivity contribution in [3.63, 3.8) is 0 Å². The van der Waals surface area contributed by atoms with Gasteiger partial charge in [-0.2, -0.15) is 13.2 Å². The predicted molar refractivity (Wildman–Crippen MR) is 94.6 cm³/mol. The highest BCUT2D eigenvalue weighted by Gasteiger charge is 2.30. The highest BCUT2D eigenvalue weighted by Crippen LogP contribution is 2.30. The second kappa shape index (κ2) is 7.07. The van der Waals surface area contributed by atoms with E-state index in [0.29, 0.717) is 5.69 Å². The van der Waals surface area contributed by atoms with Gasteiger partial charge in [0.15, 0.2) is 0 Å². The number of aliphatic imine (C=N–C) groups is 1. The van der Waals surface area contributed by atoms with Gasteiger partial charge in [0.1, 0.15) is 5.84 Å². The third-order valence-electron chi connectivity index (χ3n) is 3.88. The van der Waals surface area contributed by atoms with Crippen molar-refractivity contribution >= 4 is 23.2 Å². The molecule has 0 atom stereocenters. The van der Waals surface area contributed by atoms with Crippen molar-refractivity contribution in [3.05, 3.63) is 59.7 Å².